The van der Waals surface area contributed by atoms with E-state index < -0.39 is 0 Å². The first kappa shape index (κ1) is 12.1. The number of hydrogen-bond acceptors (Lipinski definition) is 4. The van der Waals surface area contributed by atoms with Crippen LogP contribution in [0.1, 0.15) is 5.56 Å². The molecule has 5 nitrogen and oxygen atoms in total. The zero-order chi connectivity index (χ0) is 13.0. The number of nitrogen functional groups attached to an aromatic ring is 1. The van der Waals surface area contributed by atoms with Gasteiger partial charge in [-0.1, -0.05) is 6.07 Å². The lowest BCUT2D eigenvalue weighted by Crippen LogP contribution is -2.03. The maximum absolute atomic E-state index is 9.10. The third kappa shape index (κ3) is 2.50. The van der Waals surface area contributed by atoms with Gasteiger partial charge >= 0.3 is 0 Å². The van der Waals surface area contributed by atoms with Crippen LogP contribution in [0, 0.1) is 11.3 Å². The molecule has 0 aliphatic rings. The molecule has 2 rings (SSSR count). The molecule has 0 aliphatic heterocycles. The monoisotopic (exact) mass is 242 g/mol. The number of aromatic nitrogens is 2. The molecule has 0 aliphatic carbocycles. The number of nitrogens with two attached hydrogens (primary N) is 1. The summed E-state index contributed by atoms with van der Waals surface area (Å²) in [7, 11) is 1.65. The predicted molar refractivity (Wildman–Crippen MR) is 68.7 cm³/mol. The molecule has 92 valence electrons. The second kappa shape index (κ2) is 5.34. The van der Waals surface area contributed by atoms with Crippen molar-refractivity contribution in [2.45, 2.75) is 6.54 Å². The Labute approximate surface area is 105 Å². The highest BCUT2D eigenvalue weighted by molar-refractivity contribution is 5.71. The van der Waals surface area contributed by atoms with E-state index >= 15 is 0 Å². The summed E-state index contributed by atoms with van der Waals surface area (Å²) >= 11 is 0. The molecule has 0 amide bonds. The Morgan fingerprint density at radius 3 is 3.06 bits per heavy atom. The zero-order valence-corrected chi connectivity index (χ0v) is 10.1. The second-order valence-electron chi connectivity index (χ2n) is 3.90. The number of nitriles is 1. The highest BCUT2D eigenvalue weighted by Gasteiger charge is 2.07. The van der Waals surface area contributed by atoms with Gasteiger partial charge in [0, 0.05) is 30.1 Å². The van der Waals surface area contributed by atoms with Crippen molar-refractivity contribution in [1.82, 2.24) is 9.78 Å². The molecular formula is C13H14N4O. The molecule has 0 spiro atoms. The fraction of sp³-hybridized carbons (Fsp3) is 0.231. The maximum Gasteiger partial charge on any atom is 0.0998 e. The summed E-state index contributed by atoms with van der Waals surface area (Å²) in [6.07, 6.45) is 3.63. The lowest BCUT2D eigenvalue weighted by atomic mass is 10.0. The van der Waals surface area contributed by atoms with Gasteiger partial charge in [0.25, 0.3) is 0 Å². The van der Waals surface area contributed by atoms with E-state index in [1.807, 2.05) is 12.3 Å². The number of nitrogens with zero attached hydrogens (tertiary/aromatic N) is 3. The van der Waals surface area contributed by atoms with Gasteiger partial charge in [0.1, 0.15) is 0 Å². The minimum Gasteiger partial charge on any atom is -0.399 e. The van der Waals surface area contributed by atoms with E-state index in [-0.39, 0.29) is 0 Å². The Morgan fingerprint density at radius 2 is 2.33 bits per heavy atom. The van der Waals surface area contributed by atoms with E-state index in [1.165, 1.54) is 0 Å². The molecule has 1 aromatic heterocycles. The first-order chi connectivity index (χ1) is 8.74. The fourth-order valence-electron chi connectivity index (χ4n) is 1.72. The van der Waals surface area contributed by atoms with Crippen molar-refractivity contribution < 1.29 is 4.74 Å². The average Bonchev–Trinajstić information content (AvgIpc) is 2.84. The van der Waals surface area contributed by atoms with Crippen LogP contribution in [-0.4, -0.2) is 23.5 Å². The van der Waals surface area contributed by atoms with Crippen molar-refractivity contribution in [3.8, 4) is 17.2 Å². The Morgan fingerprint density at radius 1 is 1.50 bits per heavy atom. The molecule has 0 unspecified atom stereocenters. The van der Waals surface area contributed by atoms with Gasteiger partial charge in [-0.3, -0.25) is 4.68 Å². The van der Waals surface area contributed by atoms with Gasteiger partial charge < -0.3 is 10.5 Å². The summed E-state index contributed by atoms with van der Waals surface area (Å²) in [6, 6.07) is 7.43. The normalized spacial score (nSPS) is 10.2. The molecule has 5 heteroatoms. The summed E-state index contributed by atoms with van der Waals surface area (Å²) in [5, 5.41) is 13.3. The number of anilines is 1. The van der Waals surface area contributed by atoms with Gasteiger partial charge in [0.15, 0.2) is 0 Å². The Kier molecular flexibility index (Phi) is 3.60. The number of hydrogen-bond donors (Lipinski definition) is 1. The lowest BCUT2D eigenvalue weighted by Gasteiger charge is -2.02. The molecule has 0 saturated carbocycles. The van der Waals surface area contributed by atoms with Crippen LogP contribution in [0.4, 0.5) is 5.69 Å². The molecule has 18 heavy (non-hydrogen) atoms. The van der Waals surface area contributed by atoms with E-state index in [1.54, 1.807) is 30.1 Å². The molecule has 1 aromatic carbocycles. The van der Waals surface area contributed by atoms with Crippen LogP contribution < -0.4 is 5.73 Å². The van der Waals surface area contributed by atoms with Gasteiger partial charge in [-0.05, 0) is 12.1 Å². The Balaban J connectivity index is 2.31. The number of methoxy groups -OCH3 is 1. The molecular weight excluding hydrogens is 228 g/mol. The quantitative estimate of drug-likeness (QED) is 0.827. The fourth-order valence-corrected chi connectivity index (χ4v) is 1.72. The van der Waals surface area contributed by atoms with Crippen molar-refractivity contribution in [3.63, 3.8) is 0 Å². The van der Waals surface area contributed by atoms with Crippen molar-refractivity contribution in [1.29, 1.82) is 5.26 Å². The number of benzene rings is 1. The second-order valence-corrected chi connectivity index (χ2v) is 3.90. The molecule has 2 N–H and O–H groups in total. The van der Waals surface area contributed by atoms with E-state index in [4.69, 9.17) is 15.7 Å². The first-order valence-electron chi connectivity index (χ1n) is 5.56. The summed E-state index contributed by atoms with van der Waals surface area (Å²) in [5.74, 6) is 0. The number of ether oxygens (including phenoxy) is 1. The molecule has 0 bridgehead atoms. The highest BCUT2D eigenvalue weighted by atomic mass is 16.5. The van der Waals surface area contributed by atoms with Gasteiger partial charge in [-0.25, -0.2) is 0 Å². The predicted octanol–water partition coefficient (Wildman–Crippen LogP) is 1.65. The van der Waals surface area contributed by atoms with Gasteiger partial charge in [0.05, 0.1) is 31.0 Å². The third-order valence-electron chi connectivity index (χ3n) is 2.63. The Bertz CT molecular complexity index is 583. The number of rotatable bonds is 4. The largest absolute Gasteiger partial charge is 0.399 e. The SMILES string of the molecule is COCCn1cc(-c2ccc(N)cc2C#N)cn1. The lowest BCUT2D eigenvalue weighted by molar-refractivity contribution is 0.183. The van der Waals surface area contributed by atoms with Gasteiger partial charge in [-0.15, -0.1) is 0 Å². The average molecular weight is 242 g/mol. The van der Waals surface area contributed by atoms with Crippen LogP contribution in [0.2, 0.25) is 0 Å². The topological polar surface area (TPSA) is 76.9 Å². The van der Waals surface area contributed by atoms with Crippen molar-refractivity contribution in [3.05, 3.63) is 36.2 Å². The van der Waals surface area contributed by atoms with E-state index in [0.29, 0.717) is 24.4 Å². The molecule has 0 atom stereocenters. The summed E-state index contributed by atoms with van der Waals surface area (Å²) in [6.45, 7) is 1.29. The zero-order valence-electron chi connectivity index (χ0n) is 10.1. The molecule has 0 radical (unpaired) electrons. The van der Waals surface area contributed by atoms with Crippen LogP contribution in [0.25, 0.3) is 11.1 Å². The van der Waals surface area contributed by atoms with Crippen LogP contribution >= 0.6 is 0 Å². The van der Waals surface area contributed by atoms with E-state index in [0.717, 1.165) is 11.1 Å². The van der Waals surface area contributed by atoms with Crippen LogP contribution in [0.15, 0.2) is 30.6 Å². The highest BCUT2D eigenvalue weighted by Crippen LogP contribution is 2.24. The van der Waals surface area contributed by atoms with Crippen molar-refractivity contribution in [2.24, 2.45) is 0 Å². The van der Waals surface area contributed by atoms with E-state index in [9.17, 15) is 0 Å². The minimum absolute atomic E-state index is 0.557. The summed E-state index contributed by atoms with van der Waals surface area (Å²) in [4.78, 5) is 0. The Hall–Kier alpha value is -2.32. The van der Waals surface area contributed by atoms with Crippen molar-refractivity contribution >= 4 is 5.69 Å². The van der Waals surface area contributed by atoms with E-state index in [2.05, 4.69) is 11.2 Å². The maximum atomic E-state index is 9.10. The molecule has 0 fully saturated rings. The standard InChI is InChI=1S/C13H14N4O/c1-18-5-4-17-9-11(8-16-17)13-3-2-12(15)6-10(13)7-14/h2-3,6,8-9H,4-5,15H2,1H3. The third-order valence-corrected chi connectivity index (χ3v) is 2.63. The summed E-state index contributed by atoms with van der Waals surface area (Å²) < 4.78 is 6.78. The van der Waals surface area contributed by atoms with Crippen LogP contribution in [0.5, 0.6) is 0 Å². The van der Waals surface area contributed by atoms with Crippen LogP contribution in [-0.2, 0) is 11.3 Å². The molecule has 1 heterocycles. The van der Waals surface area contributed by atoms with Crippen LogP contribution in [0.3, 0.4) is 0 Å². The van der Waals surface area contributed by atoms with Gasteiger partial charge in [-0.2, -0.15) is 10.4 Å². The summed E-state index contributed by atoms with van der Waals surface area (Å²) in [5.41, 5.74) is 8.55. The molecule has 0 saturated heterocycles. The first-order valence-corrected chi connectivity index (χ1v) is 5.56. The molecule has 2 aromatic rings. The van der Waals surface area contributed by atoms with Crippen molar-refractivity contribution in [2.75, 3.05) is 19.5 Å². The smallest absolute Gasteiger partial charge is 0.0998 e. The van der Waals surface area contributed by atoms with Gasteiger partial charge in [0.2, 0.25) is 0 Å². The minimum atomic E-state index is 0.557.